The van der Waals surface area contributed by atoms with E-state index in [1.54, 1.807) is 6.07 Å². The highest BCUT2D eigenvalue weighted by Gasteiger charge is 2.13. The molecule has 1 aromatic heterocycles. The van der Waals surface area contributed by atoms with Crippen LogP contribution in [0.4, 0.5) is 17.1 Å². The van der Waals surface area contributed by atoms with E-state index in [0.717, 1.165) is 27.5 Å². The summed E-state index contributed by atoms with van der Waals surface area (Å²) in [6.07, 6.45) is 0. The number of carboxylic acids is 1. The Hall–Kier alpha value is -3.37. The minimum Gasteiger partial charge on any atom is -0.477 e. The van der Waals surface area contributed by atoms with Gasteiger partial charge in [0.25, 0.3) is 0 Å². The average molecular weight is 371 g/mol. The van der Waals surface area contributed by atoms with E-state index in [9.17, 15) is 4.79 Å². The second-order valence-corrected chi connectivity index (χ2v) is 7.11. The fourth-order valence-corrected chi connectivity index (χ4v) is 3.83. The molecule has 0 saturated heterocycles. The van der Waals surface area contributed by atoms with Crippen molar-refractivity contribution in [3.05, 3.63) is 102 Å². The zero-order chi connectivity index (χ0) is 18.6. The SMILES string of the molecule is O=C(O)c1ccc(-c2ccc(N(c3ccccc3)c3ccccc3)cc2)s1. The first-order chi connectivity index (χ1) is 13.2. The summed E-state index contributed by atoms with van der Waals surface area (Å²) in [5.74, 6) is -0.887. The highest BCUT2D eigenvalue weighted by atomic mass is 32.1. The Balaban J connectivity index is 1.72. The van der Waals surface area contributed by atoms with Gasteiger partial charge in [0.2, 0.25) is 0 Å². The molecule has 0 atom stereocenters. The molecule has 4 heteroatoms. The van der Waals surface area contributed by atoms with Gasteiger partial charge in [0.1, 0.15) is 4.88 Å². The van der Waals surface area contributed by atoms with Crippen LogP contribution in [0.5, 0.6) is 0 Å². The predicted octanol–water partition coefficient (Wildman–Crippen LogP) is 6.58. The average Bonchev–Trinajstić information content (AvgIpc) is 3.21. The van der Waals surface area contributed by atoms with Gasteiger partial charge in [-0.15, -0.1) is 11.3 Å². The van der Waals surface area contributed by atoms with Crippen molar-refractivity contribution in [1.29, 1.82) is 0 Å². The molecule has 0 spiro atoms. The molecular formula is C23H17NO2S. The normalized spacial score (nSPS) is 10.5. The van der Waals surface area contributed by atoms with Crippen LogP contribution in [-0.2, 0) is 0 Å². The molecule has 0 unspecified atom stereocenters. The second kappa shape index (κ2) is 7.48. The summed E-state index contributed by atoms with van der Waals surface area (Å²) in [6, 6.07) is 32.2. The van der Waals surface area contributed by atoms with Gasteiger partial charge in [0.05, 0.1) is 0 Å². The zero-order valence-corrected chi connectivity index (χ0v) is 15.3. The minimum atomic E-state index is -0.887. The van der Waals surface area contributed by atoms with E-state index in [1.165, 1.54) is 11.3 Å². The van der Waals surface area contributed by atoms with E-state index >= 15 is 0 Å². The van der Waals surface area contributed by atoms with Crippen LogP contribution in [-0.4, -0.2) is 11.1 Å². The lowest BCUT2D eigenvalue weighted by atomic mass is 10.1. The summed E-state index contributed by atoms with van der Waals surface area (Å²) < 4.78 is 0. The molecule has 0 radical (unpaired) electrons. The number of hydrogen-bond donors (Lipinski definition) is 1. The van der Waals surface area contributed by atoms with Crippen molar-refractivity contribution in [3.8, 4) is 10.4 Å². The first-order valence-corrected chi connectivity index (χ1v) is 9.38. The molecule has 0 saturated carbocycles. The first-order valence-electron chi connectivity index (χ1n) is 8.56. The summed E-state index contributed by atoms with van der Waals surface area (Å²) in [4.78, 5) is 14.6. The molecule has 0 aliphatic heterocycles. The lowest BCUT2D eigenvalue weighted by Gasteiger charge is -2.25. The van der Waals surface area contributed by atoms with Crippen LogP contribution in [0.2, 0.25) is 0 Å². The standard InChI is InChI=1S/C23H17NO2S/c25-23(26)22-16-15-21(27-22)17-11-13-20(14-12-17)24(18-7-3-1-4-8-18)19-9-5-2-6-10-19/h1-16H,(H,25,26). The Morgan fingerprint density at radius 1 is 0.667 bits per heavy atom. The molecular weight excluding hydrogens is 354 g/mol. The Morgan fingerprint density at radius 3 is 1.67 bits per heavy atom. The van der Waals surface area contributed by atoms with Gasteiger partial charge in [0, 0.05) is 21.9 Å². The quantitative estimate of drug-likeness (QED) is 0.430. The molecule has 0 aliphatic carbocycles. The number of hydrogen-bond acceptors (Lipinski definition) is 3. The Kier molecular flexibility index (Phi) is 4.73. The van der Waals surface area contributed by atoms with Gasteiger partial charge < -0.3 is 10.0 Å². The topological polar surface area (TPSA) is 40.5 Å². The van der Waals surface area contributed by atoms with Gasteiger partial charge in [-0.1, -0.05) is 48.5 Å². The fraction of sp³-hybridized carbons (Fsp3) is 0. The molecule has 0 amide bonds. The third-order valence-corrected chi connectivity index (χ3v) is 5.38. The van der Waals surface area contributed by atoms with Crippen LogP contribution in [0.25, 0.3) is 10.4 Å². The van der Waals surface area contributed by atoms with Crippen molar-refractivity contribution in [1.82, 2.24) is 0 Å². The number of thiophene rings is 1. The molecule has 3 nitrogen and oxygen atoms in total. The van der Waals surface area contributed by atoms with E-state index in [0.29, 0.717) is 4.88 Å². The number of carboxylic acid groups (broad SMARTS) is 1. The maximum Gasteiger partial charge on any atom is 0.345 e. The number of rotatable bonds is 5. The van der Waals surface area contributed by atoms with E-state index < -0.39 is 5.97 Å². The largest absolute Gasteiger partial charge is 0.477 e. The number of nitrogens with zero attached hydrogens (tertiary/aromatic N) is 1. The summed E-state index contributed by atoms with van der Waals surface area (Å²) in [6.45, 7) is 0. The van der Waals surface area contributed by atoms with Gasteiger partial charge >= 0.3 is 5.97 Å². The van der Waals surface area contributed by atoms with Gasteiger partial charge in [-0.05, 0) is 54.1 Å². The van der Waals surface area contributed by atoms with Gasteiger partial charge in [0.15, 0.2) is 0 Å². The van der Waals surface area contributed by atoms with E-state index in [1.807, 2.05) is 54.6 Å². The van der Waals surface area contributed by atoms with Crippen molar-refractivity contribution < 1.29 is 9.90 Å². The maximum atomic E-state index is 11.1. The van der Waals surface area contributed by atoms with Crippen molar-refractivity contribution in [3.63, 3.8) is 0 Å². The van der Waals surface area contributed by atoms with Gasteiger partial charge in [-0.2, -0.15) is 0 Å². The number of anilines is 3. The van der Waals surface area contributed by atoms with Crippen LogP contribution >= 0.6 is 11.3 Å². The summed E-state index contributed by atoms with van der Waals surface area (Å²) in [5.41, 5.74) is 4.23. The van der Waals surface area contributed by atoms with Crippen molar-refractivity contribution >= 4 is 34.4 Å². The molecule has 3 aromatic carbocycles. The molecule has 0 fully saturated rings. The molecule has 1 heterocycles. The predicted molar refractivity (Wildman–Crippen MR) is 111 cm³/mol. The maximum absolute atomic E-state index is 11.1. The minimum absolute atomic E-state index is 0.351. The highest BCUT2D eigenvalue weighted by Crippen LogP contribution is 2.36. The number of carbonyl (C=O) groups is 1. The van der Waals surface area contributed by atoms with Crippen molar-refractivity contribution in [2.75, 3.05) is 4.90 Å². The lowest BCUT2D eigenvalue weighted by Crippen LogP contribution is -2.09. The Labute approximate surface area is 161 Å². The molecule has 0 aliphatic rings. The smallest absolute Gasteiger partial charge is 0.345 e. The van der Waals surface area contributed by atoms with Crippen LogP contribution < -0.4 is 4.90 Å². The first kappa shape index (κ1) is 17.1. The Bertz CT molecular complexity index is 1000. The number of aromatic carboxylic acids is 1. The van der Waals surface area contributed by atoms with Crippen LogP contribution in [0.1, 0.15) is 9.67 Å². The molecule has 4 aromatic rings. The fourth-order valence-electron chi connectivity index (χ4n) is 2.98. The summed E-state index contributed by atoms with van der Waals surface area (Å²) in [5, 5.41) is 9.12. The monoisotopic (exact) mass is 371 g/mol. The number of para-hydroxylation sites is 2. The van der Waals surface area contributed by atoms with Crippen molar-refractivity contribution in [2.45, 2.75) is 0 Å². The second-order valence-electron chi connectivity index (χ2n) is 6.02. The van der Waals surface area contributed by atoms with E-state index in [4.69, 9.17) is 5.11 Å². The van der Waals surface area contributed by atoms with Crippen LogP contribution in [0.3, 0.4) is 0 Å². The van der Waals surface area contributed by atoms with Crippen LogP contribution in [0, 0.1) is 0 Å². The molecule has 132 valence electrons. The van der Waals surface area contributed by atoms with Crippen LogP contribution in [0.15, 0.2) is 97.1 Å². The molecule has 27 heavy (non-hydrogen) atoms. The third kappa shape index (κ3) is 3.61. The molecule has 1 N–H and O–H groups in total. The molecule has 4 rings (SSSR count). The highest BCUT2D eigenvalue weighted by molar-refractivity contribution is 7.17. The van der Waals surface area contributed by atoms with Crippen molar-refractivity contribution in [2.24, 2.45) is 0 Å². The number of benzene rings is 3. The summed E-state index contributed by atoms with van der Waals surface area (Å²) in [7, 11) is 0. The van der Waals surface area contributed by atoms with Gasteiger partial charge in [-0.25, -0.2) is 4.79 Å². The summed E-state index contributed by atoms with van der Waals surface area (Å²) >= 11 is 1.29. The Morgan fingerprint density at radius 2 is 1.19 bits per heavy atom. The lowest BCUT2D eigenvalue weighted by molar-refractivity contribution is 0.0702. The third-order valence-electron chi connectivity index (χ3n) is 4.26. The zero-order valence-electron chi connectivity index (χ0n) is 14.4. The van der Waals surface area contributed by atoms with Gasteiger partial charge in [-0.3, -0.25) is 0 Å². The van der Waals surface area contributed by atoms with E-state index in [2.05, 4.69) is 41.3 Å². The van der Waals surface area contributed by atoms with E-state index in [-0.39, 0.29) is 0 Å². The molecule has 0 bridgehead atoms.